The van der Waals surface area contributed by atoms with Crippen LogP contribution in [-0.2, 0) is 0 Å². The van der Waals surface area contributed by atoms with Gasteiger partial charge in [-0.25, -0.2) is 0 Å². The topological polar surface area (TPSA) is 26.0 Å². The number of rotatable bonds is 8. The molecule has 2 N–H and O–H groups in total. The maximum absolute atomic E-state index is 6.01. The molecule has 0 radical (unpaired) electrons. The lowest BCUT2D eigenvalue weighted by Gasteiger charge is -2.23. The van der Waals surface area contributed by atoms with Crippen LogP contribution in [0.3, 0.4) is 0 Å². The van der Waals surface area contributed by atoms with E-state index in [4.69, 9.17) is 5.73 Å². The van der Waals surface area contributed by atoms with Gasteiger partial charge in [-0.3, -0.25) is 0 Å². The molecule has 0 saturated carbocycles. The Bertz CT molecular complexity index is 332. The van der Waals surface area contributed by atoms with Crippen molar-refractivity contribution < 1.29 is 0 Å². The zero-order chi connectivity index (χ0) is 13.4. The van der Waals surface area contributed by atoms with E-state index in [1.807, 2.05) is 0 Å². The predicted octanol–water partition coefficient (Wildman–Crippen LogP) is 4.64. The number of nitrogens with two attached hydrogens (primary N) is 1. The van der Waals surface area contributed by atoms with Crippen molar-refractivity contribution in [3.05, 3.63) is 35.4 Å². The highest BCUT2D eigenvalue weighted by Gasteiger charge is 2.16. The minimum absolute atomic E-state index is 0.535. The smallest absolute Gasteiger partial charge is 0.000803 e. The van der Waals surface area contributed by atoms with Crippen LogP contribution in [0.2, 0.25) is 0 Å². The molecule has 0 heterocycles. The first-order valence-electron chi connectivity index (χ1n) is 7.48. The largest absolute Gasteiger partial charge is 0.330 e. The molecule has 102 valence electrons. The summed E-state index contributed by atoms with van der Waals surface area (Å²) in [4.78, 5) is 0. The lowest BCUT2D eigenvalue weighted by Crippen LogP contribution is -2.17. The van der Waals surface area contributed by atoms with Gasteiger partial charge in [-0.15, -0.1) is 0 Å². The number of hydrogen-bond acceptors (Lipinski definition) is 1. The van der Waals surface area contributed by atoms with Crippen LogP contribution in [0.15, 0.2) is 24.3 Å². The average Bonchev–Trinajstić information content (AvgIpc) is 2.40. The lowest BCUT2D eigenvalue weighted by molar-refractivity contribution is 0.386. The summed E-state index contributed by atoms with van der Waals surface area (Å²) in [7, 11) is 0. The quantitative estimate of drug-likeness (QED) is 0.711. The van der Waals surface area contributed by atoms with Crippen LogP contribution in [0.25, 0.3) is 0 Å². The van der Waals surface area contributed by atoms with Crippen molar-refractivity contribution in [2.24, 2.45) is 11.7 Å². The molecule has 1 heteroatoms. The monoisotopic (exact) mass is 247 g/mol. The van der Waals surface area contributed by atoms with Gasteiger partial charge < -0.3 is 5.73 Å². The molecule has 1 aromatic carbocycles. The van der Waals surface area contributed by atoms with Crippen molar-refractivity contribution in [2.75, 3.05) is 6.54 Å². The summed E-state index contributed by atoms with van der Waals surface area (Å²) >= 11 is 0. The van der Waals surface area contributed by atoms with Crippen LogP contribution in [0.4, 0.5) is 0 Å². The fourth-order valence-corrected chi connectivity index (χ4v) is 2.78. The van der Waals surface area contributed by atoms with Crippen LogP contribution in [0.5, 0.6) is 0 Å². The maximum Gasteiger partial charge on any atom is -0.000803 e. The molecule has 0 saturated heterocycles. The highest BCUT2D eigenvalue weighted by Crippen LogP contribution is 2.29. The van der Waals surface area contributed by atoms with Crippen LogP contribution >= 0.6 is 0 Å². The van der Waals surface area contributed by atoms with E-state index >= 15 is 0 Å². The van der Waals surface area contributed by atoms with Gasteiger partial charge in [0.2, 0.25) is 0 Å². The second-order valence-electron chi connectivity index (χ2n) is 5.44. The summed E-state index contributed by atoms with van der Waals surface area (Å²) in [6.45, 7) is 7.55. The summed E-state index contributed by atoms with van der Waals surface area (Å²) < 4.78 is 0. The Labute approximate surface area is 113 Å². The van der Waals surface area contributed by atoms with Crippen LogP contribution in [0, 0.1) is 12.8 Å². The Kier molecular flexibility index (Phi) is 7.04. The van der Waals surface area contributed by atoms with E-state index in [0.717, 1.165) is 12.5 Å². The van der Waals surface area contributed by atoms with Crippen LogP contribution < -0.4 is 5.73 Å². The predicted molar refractivity (Wildman–Crippen MR) is 80.9 cm³/mol. The van der Waals surface area contributed by atoms with E-state index in [0.29, 0.717) is 5.92 Å². The molecule has 1 nitrogen and oxygen atoms in total. The Morgan fingerprint density at radius 2 is 1.89 bits per heavy atom. The first kappa shape index (κ1) is 15.2. The van der Waals surface area contributed by atoms with Gasteiger partial charge in [-0.1, -0.05) is 63.8 Å². The Balaban J connectivity index is 2.68. The Morgan fingerprint density at radius 3 is 2.44 bits per heavy atom. The SMILES string of the molecule is CCCCC(CC)CC(CN)c1ccccc1C. The van der Waals surface area contributed by atoms with Crippen molar-refractivity contribution in [3.63, 3.8) is 0 Å². The normalized spacial score (nSPS) is 14.4. The minimum Gasteiger partial charge on any atom is -0.330 e. The lowest BCUT2D eigenvalue weighted by atomic mass is 9.83. The Morgan fingerprint density at radius 1 is 1.17 bits per heavy atom. The minimum atomic E-state index is 0.535. The second kappa shape index (κ2) is 8.31. The third kappa shape index (κ3) is 4.45. The summed E-state index contributed by atoms with van der Waals surface area (Å²) in [5.41, 5.74) is 8.85. The van der Waals surface area contributed by atoms with Crippen LogP contribution in [0.1, 0.15) is 63.0 Å². The molecule has 0 bridgehead atoms. The molecule has 0 aliphatic rings. The zero-order valence-electron chi connectivity index (χ0n) is 12.3. The van der Waals surface area contributed by atoms with Crippen LogP contribution in [-0.4, -0.2) is 6.54 Å². The number of hydrogen-bond donors (Lipinski definition) is 1. The first-order chi connectivity index (χ1) is 8.72. The Hall–Kier alpha value is -0.820. The molecule has 2 unspecified atom stereocenters. The number of aryl methyl sites for hydroxylation is 1. The molecule has 0 amide bonds. The number of unbranched alkanes of at least 4 members (excludes halogenated alkanes) is 1. The molecule has 0 aliphatic carbocycles. The fourth-order valence-electron chi connectivity index (χ4n) is 2.78. The molecular weight excluding hydrogens is 218 g/mol. The van der Waals surface area contributed by atoms with Crippen molar-refractivity contribution >= 4 is 0 Å². The van der Waals surface area contributed by atoms with E-state index in [9.17, 15) is 0 Å². The molecule has 1 aromatic rings. The third-order valence-electron chi connectivity index (χ3n) is 4.07. The zero-order valence-corrected chi connectivity index (χ0v) is 12.3. The molecule has 2 atom stereocenters. The van der Waals surface area contributed by atoms with Crippen molar-refractivity contribution in [2.45, 2.75) is 58.8 Å². The standard InChI is InChI=1S/C17H29N/c1-4-6-10-15(5-2)12-16(13-18)17-11-8-7-9-14(17)3/h7-9,11,15-16H,4-6,10,12-13,18H2,1-3H3. The fraction of sp³-hybridized carbons (Fsp3) is 0.647. The van der Waals surface area contributed by atoms with Gasteiger partial charge in [-0.05, 0) is 42.9 Å². The van der Waals surface area contributed by atoms with E-state index in [-0.39, 0.29) is 0 Å². The van der Waals surface area contributed by atoms with Gasteiger partial charge in [0.25, 0.3) is 0 Å². The molecule has 18 heavy (non-hydrogen) atoms. The molecule has 0 aliphatic heterocycles. The second-order valence-corrected chi connectivity index (χ2v) is 5.44. The highest BCUT2D eigenvalue weighted by atomic mass is 14.5. The van der Waals surface area contributed by atoms with Gasteiger partial charge in [0, 0.05) is 0 Å². The van der Waals surface area contributed by atoms with Gasteiger partial charge in [0.05, 0.1) is 0 Å². The summed E-state index contributed by atoms with van der Waals surface area (Å²) in [6.07, 6.45) is 6.54. The van der Waals surface area contributed by atoms with E-state index in [2.05, 4.69) is 45.0 Å². The van der Waals surface area contributed by atoms with Crippen molar-refractivity contribution in [1.29, 1.82) is 0 Å². The van der Waals surface area contributed by atoms with E-state index in [1.165, 1.54) is 43.2 Å². The molecule has 0 spiro atoms. The first-order valence-corrected chi connectivity index (χ1v) is 7.48. The molecule has 1 rings (SSSR count). The summed E-state index contributed by atoms with van der Waals surface area (Å²) in [5.74, 6) is 1.37. The highest BCUT2D eigenvalue weighted by molar-refractivity contribution is 5.29. The number of benzene rings is 1. The van der Waals surface area contributed by atoms with Crippen molar-refractivity contribution in [1.82, 2.24) is 0 Å². The van der Waals surface area contributed by atoms with Gasteiger partial charge in [-0.2, -0.15) is 0 Å². The van der Waals surface area contributed by atoms with E-state index < -0.39 is 0 Å². The molecule has 0 aromatic heterocycles. The average molecular weight is 247 g/mol. The van der Waals surface area contributed by atoms with E-state index in [1.54, 1.807) is 0 Å². The molecule has 0 fully saturated rings. The summed E-state index contributed by atoms with van der Waals surface area (Å²) in [5, 5.41) is 0. The van der Waals surface area contributed by atoms with Gasteiger partial charge in [0.1, 0.15) is 0 Å². The molecular formula is C17H29N. The van der Waals surface area contributed by atoms with Crippen molar-refractivity contribution in [3.8, 4) is 0 Å². The van der Waals surface area contributed by atoms with Gasteiger partial charge in [0.15, 0.2) is 0 Å². The van der Waals surface area contributed by atoms with Gasteiger partial charge >= 0.3 is 0 Å². The third-order valence-corrected chi connectivity index (χ3v) is 4.07. The summed E-state index contributed by atoms with van der Waals surface area (Å²) in [6, 6.07) is 8.70. The maximum atomic E-state index is 6.01.